The van der Waals surface area contributed by atoms with Gasteiger partial charge in [0, 0.05) is 46.9 Å². The quantitative estimate of drug-likeness (QED) is 0.761. The van der Waals surface area contributed by atoms with E-state index >= 15 is 0 Å². The van der Waals surface area contributed by atoms with Crippen molar-refractivity contribution < 1.29 is 9.13 Å². The predicted molar refractivity (Wildman–Crippen MR) is 95.2 cm³/mol. The van der Waals surface area contributed by atoms with E-state index in [-0.39, 0.29) is 6.10 Å². The number of halogens is 2. The summed E-state index contributed by atoms with van der Waals surface area (Å²) in [5, 5.41) is 13.7. The second-order valence-corrected chi connectivity index (χ2v) is 6.40. The fourth-order valence-corrected chi connectivity index (χ4v) is 3.18. The molecule has 1 saturated heterocycles. The minimum absolute atomic E-state index is 0.182. The van der Waals surface area contributed by atoms with Crippen LogP contribution in [0.2, 0.25) is 5.02 Å². The molecule has 0 amide bonds. The molecule has 1 aromatic carbocycles. The van der Waals surface area contributed by atoms with Gasteiger partial charge in [0.1, 0.15) is 11.5 Å². The van der Waals surface area contributed by atoms with Crippen molar-refractivity contribution in [3.05, 3.63) is 47.5 Å². The fourth-order valence-electron chi connectivity index (χ4n) is 3.02. The lowest BCUT2D eigenvalue weighted by Gasteiger charge is -2.14. The Labute approximate surface area is 149 Å². The highest BCUT2D eigenvalue weighted by Crippen LogP contribution is 2.31. The zero-order valence-electron chi connectivity index (χ0n) is 13.4. The van der Waals surface area contributed by atoms with Crippen LogP contribution < -0.4 is 5.32 Å². The lowest BCUT2D eigenvalue weighted by Crippen LogP contribution is -2.19. The number of fused-ring (bicyclic) bond motifs is 1. The number of nitrogens with zero attached hydrogens (tertiary/aromatic N) is 3. The zero-order chi connectivity index (χ0) is 17.2. The maximum atomic E-state index is 14.3. The molecule has 1 aliphatic rings. The van der Waals surface area contributed by atoms with Gasteiger partial charge in [0.2, 0.25) is 0 Å². The Morgan fingerprint density at radius 2 is 2.16 bits per heavy atom. The maximum Gasteiger partial charge on any atom is 0.158 e. The molecule has 3 heterocycles. The zero-order valence-corrected chi connectivity index (χ0v) is 14.1. The van der Waals surface area contributed by atoms with E-state index in [1.165, 1.54) is 6.07 Å². The molecule has 0 bridgehead atoms. The van der Waals surface area contributed by atoms with Gasteiger partial charge in [0.05, 0.1) is 6.10 Å². The van der Waals surface area contributed by atoms with Crippen LogP contribution in [-0.2, 0) is 4.74 Å². The van der Waals surface area contributed by atoms with Gasteiger partial charge < -0.3 is 10.1 Å². The molecular weight excluding hydrogens is 343 g/mol. The van der Waals surface area contributed by atoms with Crippen LogP contribution in [0.4, 0.5) is 10.2 Å². The van der Waals surface area contributed by atoms with Gasteiger partial charge in [0.25, 0.3) is 0 Å². The van der Waals surface area contributed by atoms with E-state index in [1.807, 2.05) is 6.07 Å². The molecule has 1 fully saturated rings. The Morgan fingerprint density at radius 3 is 2.96 bits per heavy atom. The summed E-state index contributed by atoms with van der Waals surface area (Å²) >= 11 is 5.84. The first-order valence-corrected chi connectivity index (χ1v) is 8.51. The van der Waals surface area contributed by atoms with Crippen molar-refractivity contribution in [3.8, 4) is 11.3 Å². The highest BCUT2D eigenvalue weighted by Gasteiger charge is 2.18. The SMILES string of the molecule is Fc1cc(Cl)ccc1-c1nnc(NC[C@H]2CCCO2)c2cnccc12. The third-order valence-corrected chi connectivity index (χ3v) is 4.52. The monoisotopic (exact) mass is 358 g/mol. The molecule has 4 rings (SSSR count). The number of hydrogen-bond acceptors (Lipinski definition) is 5. The molecule has 3 aromatic rings. The van der Waals surface area contributed by atoms with Crippen molar-refractivity contribution in [2.45, 2.75) is 18.9 Å². The number of hydrogen-bond donors (Lipinski definition) is 1. The highest BCUT2D eigenvalue weighted by molar-refractivity contribution is 6.30. The van der Waals surface area contributed by atoms with Gasteiger partial charge in [-0.2, -0.15) is 0 Å². The third-order valence-electron chi connectivity index (χ3n) is 4.29. The van der Waals surface area contributed by atoms with E-state index in [1.54, 1.807) is 24.5 Å². The van der Waals surface area contributed by atoms with E-state index in [9.17, 15) is 4.39 Å². The summed E-state index contributed by atoms with van der Waals surface area (Å²) in [7, 11) is 0. The molecule has 25 heavy (non-hydrogen) atoms. The number of pyridine rings is 1. The van der Waals surface area contributed by atoms with E-state index < -0.39 is 5.82 Å². The highest BCUT2D eigenvalue weighted by atomic mass is 35.5. The molecule has 0 aliphatic carbocycles. The molecule has 128 valence electrons. The molecule has 1 atom stereocenters. The molecule has 0 spiro atoms. The van der Waals surface area contributed by atoms with Crippen LogP contribution >= 0.6 is 11.6 Å². The van der Waals surface area contributed by atoms with E-state index in [4.69, 9.17) is 16.3 Å². The first kappa shape index (κ1) is 16.2. The first-order chi connectivity index (χ1) is 12.2. The summed E-state index contributed by atoms with van der Waals surface area (Å²) in [5.41, 5.74) is 0.827. The van der Waals surface area contributed by atoms with Gasteiger partial charge in [-0.1, -0.05) is 11.6 Å². The Balaban J connectivity index is 1.73. The van der Waals surface area contributed by atoms with Crippen LogP contribution in [0.15, 0.2) is 36.7 Å². The van der Waals surface area contributed by atoms with Crippen LogP contribution in [0.3, 0.4) is 0 Å². The average Bonchev–Trinajstić information content (AvgIpc) is 3.14. The van der Waals surface area contributed by atoms with Gasteiger partial charge in [0.15, 0.2) is 5.82 Å². The van der Waals surface area contributed by atoms with Crippen LogP contribution in [0.5, 0.6) is 0 Å². The van der Waals surface area contributed by atoms with Crippen LogP contribution in [0.1, 0.15) is 12.8 Å². The molecule has 0 unspecified atom stereocenters. The number of ether oxygens (including phenoxy) is 1. The summed E-state index contributed by atoms with van der Waals surface area (Å²) in [4.78, 5) is 4.17. The Kier molecular flexibility index (Phi) is 4.46. The second kappa shape index (κ2) is 6.90. The lowest BCUT2D eigenvalue weighted by atomic mass is 10.1. The van der Waals surface area contributed by atoms with Crippen molar-refractivity contribution in [2.75, 3.05) is 18.5 Å². The Hall–Kier alpha value is -2.31. The van der Waals surface area contributed by atoms with Gasteiger partial charge in [-0.3, -0.25) is 4.98 Å². The van der Waals surface area contributed by atoms with Crippen molar-refractivity contribution in [3.63, 3.8) is 0 Å². The Bertz CT molecular complexity index is 915. The molecule has 2 aromatic heterocycles. The minimum Gasteiger partial charge on any atom is -0.376 e. The van der Waals surface area contributed by atoms with Gasteiger partial charge in [-0.05, 0) is 37.1 Å². The summed E-state index contributed by atoms with van der Waals surface area (Å²) in [5.74, 6) is 0.191. The van der Waals surface area contributed by atoms with Crippen molar-refractivity contribution >= 4 is 28.2 Å². The van der Waals surface area contributed by atoms with Crippen molar-refractivity contribution in [1.82, 2.24) is 15.2 Å². The van der Waals surface area contributed by atoms with E-state index in [0.717, 1.165) is 30.2 Å². The van der Waals surface area contributed by atoms with E-state index in [2.05, 4.69) is 20.5 Å². The number of rotatable bonds is 4. The molecule has 7 heteroatoms. The van der Waals surface area contributed by atoms with Crippen molar-refractivity contribution in [2.24, 2.45) is 0 Å². The van der Waals surface area contributed by atoms with Crippen LogP contribution in [0.25, 0.3) is 22.0 Å². The summed E-state index contributed by atoms with van der Waals surface area (Å²) < 4.78 is 19.9. The van der Waals surface area contributed by atoms with Gasteiger partial charge >= 0.3 is 0 Å². The maximum absolute atomic E-state index is 14.3. The van der Waals surface area contributed by atoms with Gasteiger partial charge in [-0.15, -0.1) is 10.2 Å². The largest absolute Gasteiger partial charge is 0.376 e. The second-order valence-electron chi connectivity index (χ2n) is 5.96. The first-order valence-electron chi connectivity index (χ1n) is 8.13. The Morgan fingerprint density at radius 1 is 1.24 bits per heavy atom. The molecule has 1 aliphatic heterocycles. The summed E-state index contributed by atoms with van der Waals surface area (Å²) in [6.45, 7) is 1.46. The number of aromatic nitrogens is 3. The third kappa shape index (κ3) is 3.27. The fraction of sp³-hybridized carbons (Fsp3) is 0.278. The summed E-state index contributed by atoms with van der Waals surface area (Å²) in [6.07, 6.45) is 5.66. The van der Waals surface area contributed by atoms with Crippen LogP contribution in [0, 0.1) is 5.82 Å². The smallest absolute Gasteiger partial charge is 0.158 e. The van der Waals surface area contributed by atoms with Crippen molar-refractivity contribution in [1.29, 1.82) is 0 Å². The summed E-state index contributed by atoms with van der Waals surface area (Å²) in [6, 6.07) is 6.33. The average molecular weight is 359 g/mol. The van der Waals surface area contributed by atoms with Gasteiger partial charge in [-0.25, -0.2) is 4.39 Å². The number of anilines is 1. The molecule has 0 radical (unpaired) electrons. The molecule has 0 saturated carbocycles. The number of benzene rings is 1. The van der Waals surface area contributed by atoms with Crippen LogP contribution in [-0.4, -0.2) is 34.4 Å². The standard InChI is InChI=1S/C18H16ClFN4O/c19-11-3-4-14(16(20)8-11)17-13-5-6-21-10-15(13)18(24-23-17)22-9-12-2-1-7-25-12/h3-6,8,10,12H,1-2,7,9H2,(H,22,24)/t12-/m1/s1. The molecule has 5 nitrogen and oxygen atoms in total. The minimum atomic E-state index is -0.431. The van der Waals surface area contributed by atoms with E-state index in [0.29, 0.717) is 28.6 Å². The molecule has 1 N–H and O–H groups in total. The molecular formula is C18H16ClFN4O. The predicted octanol–water partition coefficient (Wildman–Crippen LogP) is 4.08. The lowest BCUT2D eigenvalue weighted by molar-refractivity contribution is 0.120. The topological polar surface area (TPSA) is 59.9 Å². The number of nitrogens with one attached hydrogen (secondary N) is 1. The normalized spacial score (nSPS) is 17.1.